The topological polar surface area (TPSA) is 89.3 Å². The van der Waals surface area contributed by atoms with Crippen molar-refractivity contribution in [3.8, 4) is 5.75 Å². The molecule has 0 aliphatic carbocycles. The van der Waals surface area contributed by atoms with Gasteiger partial charge in [-0.15, -0.1) is 0 Å². The van der Waals surface area contributed by atoms with Crippen LogP contribution in [0.3, 0.4) is 0 Å². The fourth-order valence-corrected chi connectivity index (χ4v) is 2.36. The van der Waals surface area contributed by atoms with Crippen LogP contribution in [0.25, 0.3) is 0 Å². The van der Waals surface area contributed by atoms with Gasteiger partial charge in [-0.1, -0.05) is 32.0 Å². The van der Waals surface area contributed by atoms with E-state index in [2.05, 4.69) is 20.8 Å². The van der Waals surface area contributed by atoms with Gasteiger partial charge in [0, 0.05) is 11.5 Å². The standard InChI is InChI=1S/C17H22N4O3/c1-10(18-8-14-20-16(24-21-14)17(2,3)4)11-5-6-13-12(7-11)19-15(22)9-23-13/h5-7,10,18H,8-9H2,1-4H3,(H,19,22). The van der Waals surface area contributed by atoms with E-state index in [0.717, 1.165) is 5.56 Å². The summed E-state index contributed by atoms with van der Waals surface area (Å²) < 4.78 is 10.7. The number of nitrogens with zero attached hydrogens (tertiary/aromatic N) is 2. The fourth-order valence-electron chi connectivity index (χ4n) is 2.36. The number of fused-ring (bicyclic) bond motifs is 1. The smallest absolute Gasteiger partial charge is 0.262 e. The molecule has 128 valence electrons. The van der Waals surface area contributed by atoms with Gasteiger partial charge in [-0.3, -0.25) is 4.79 Å². The number of hydrogen-bond acceptors (Lipinski definition) is 6. The van der Waals surface area contributed by atoms with Crippen LogP contribution in [0.5, 0.6) is 5.75 Å². The molecule has 3 rings (SSSR count). The molecule has 2 N–H and O–H groups in total. The first-order valence-electron chi connectivity index (χ1n) is 7.96. The number of carbonyl (C=O) groups excluding carboxylic acids is 1. The largest absolute Gasteiger partial charge is 0.482 e. The summed E-state index contributed by atoms with van der Waals surface area (Å²) in [6.45, 7) is 8.70. The average molecular weight is 330 g/mol. The Morgan fingerprint density at radius 2 is 2.17 bits per heavy atom. The number of hydrogen-bond donors (Lipinski definition) is 2. The Hall–Kier alpha value is -2.41. The number of nitrogens with one attached hydrogen (secondary N) is 2. The zero-order valence-corrected chi connectivity index (χ0v) is 14.3. The summed E-state index contributed by atoms with van der Waals surface area (Å²) in [5, 5.41) is 10.2. The molecule has 1 aliphatic rings. The third-order valence-corrected chi connectivity index (χ3v) is 3.81. The second kappa shape index (κ2) is 6.24. The number of rotatable bonds is 4. The molecule has 2 aromatic rings. The molecule has 1 unspecified atom stereocenters. The maximum Gasteiger partial charge on any atom is 0.262 e. The minimum absolute atomic E-state index is 0.0608. The van der Waals surface area contributed by atoms with Crippen LogP contribution in [0.1, 0.15) is 51.0 Å². The lowest BCUT2D eigenvalue weighted by Gasteiger charge is -2.20. The summed E-state index contributed by atoms with van der Waals surface area (Å²) in [7, 11) is 0. The molecule has 1 aromatic carbocycles. The van der Waals surface area contributed by atoms with Crippen LogP contribution in [0.2, 0.25) is 0 Å². The summed E-state index contributed by atoms with van der Waals surface area (Å²) in [6.07, 6.45) is 0. The molecule has 2 heterocycles. The van der Waals surface area contributed by atoms with Gasteiger partial charge >= 0.3 is 0 Å². The highest BCUT2D eigenvalue weighted by molar-refractivity contribution is 5.95. The Bertz CT molecular complexity index is 749. The number of benzene rings is 1. The van der Waals surface area contributed by atoms with Gasteiger partial charge in [0.1, 0.15) is 5.75 Å². The molecule has 0 saturated carbocycles. The van der Waals surface area contributed by atoms with Crippen molar-refractivity contribution in [2.24, 2.45) is 0 Å². The van der Waals surface area contributed by atoms with Crippen LogP contribution in [0, 0.1) is 0 Å². The molecule has 0 saturated heterocycles. The molecule has 0 spiro atoms. The zero-order chi connectivity index (χ0) is 17.3. The lowest BCUT2D eigenvalue weighted by atomic mass is 9.97. The minimum atomic E-state index is -0.159. The quantitative estimate of drug-likeness (QED) is 0.895. The van der Waals surface area contributed by atoms with E-state index >= 15 is 0 Å². The summed E-state index contributed by atoms with van der Waals surface area (Å²) in [5.74, 6) is 1.81. The third kappa shape index (κ3) is 3.56. The summed E-state index contributed by atoms with van der Waals surface area (Å²) in [6, 6.07) is 5.82. The number of amides is 1. The van der Waals surface area contributed by atoms with Crippen molar-refractivity contribution in [2.45, 2.75) is 45.7 Å². The van der Waals surface area contributed by atoms with Gasteiger partial charge in [-0.2, -0.15) is 4.98 Å². The Balaban J connectivity index is 1.65. The van der Waals surface area contributed by atoms with Crippen molar-refractivity contribution in [2.75, 3.05) is 11.9 Å². The lowest BCUT2D eigenvalue weighted by Crippen LogP contribution is -2.26. The molecular formula is C17H22N4O3. The predicted molar refractivity (Wildman–Crippen MR) is 88.8 cm³/mol. The highest BCUT2D eigenvalue weighted by Crippen LogP contribution is 2.30. The molecule has 24 heavy (non-hydrogen) atoms. The Labute approximate surface area is 140 Å². The number of anilines is 1. The number of aromatic nitrogens is 2. The van der Waals surface area contributed by atoms with Gasteiger partial charge in [0.05, 0.1) is 12.2 Å². The lowest BCUT2D eigenvalue weighted by molar-refractivity contribution is -0.118. The molecule has 0 bridgehead atoms. The second-order valence-corrected chi connectivity index (χ2v) is 6.96. The zero-order valence-electron chi connectivity index (χ0n) is 14.3. The van der Waals surface area contributed by atoms with E-state index < -0.39 is 0 Å². The number of carbonyl (C=O) groups is 1. The van der Waals surface area contributed by atoms with Gasteiger partial charge < -0.3 is 19.9 Å². The van der Waals surface area contributed by atoms with Crippen LogP contribution >= 0.6 is 0 Å². The molecule has 1 amide bonds. The maximum absolute atomic E-state index is 11.4. The first kappa shape index (κ1) is 16.4. The summed E-state index contributed by atoms with van der Waals surface area (Å²) >= 11 is 0. The fraction of sp³-hybridized carbons (Fsp3) is 0.471. The predicted octanol–water partition coefficient (Wildman–Crippen LogP) is 2.55. The maximum atomic E-state index is 11.4. The molecule has 0 radical (unpaired) electrons. The second-order valence-electron chi connectivity index (χ2n) is 6.96. The van der Waals surface area contributed by atoms with Crippen LogP contribution < -0.4 is 15.4 Å². The molecule has 1 aliphatic heterocycles. The molecular weight excluding hydrogens is 308 g/mol. The number of ether oxygens (including phenoxy) is 1. The van der Waals surface area contributed by atoms with Crippen molar-refractivity contribution < 1.29 is 14.1 Å². The van der Waals surface area contributed by atoms with Gasteiger partial charge in [-0.05, 0) is 24.6 Å². The van der Waals surface area contributed by atoms with Gasteiger partial charge in [0.15, 0.2) is 12.4 Å². The van der Waals surface area contributed by atoms with Crippen LogP contribution in [-0.4, -0.2) is 22.7 Å². The third-order valence-electron chi connectivity index (χ3n) is 3.81. The SMILES string of the molecule is CC(NCc1noc(C(C)(C)C)n1)c1ccc2c(c1)NC(=O)CO2. The molecule has 1 atom stereocenters. The molecule has 0 fully saturated rings. The van der Waals surface area contributed by atoms with Crippen LogP contribution in [0.4, 0.5) is 5.69 Å². The van der Waals surface area contributed by atoms with E-state index in [1.165, 1.54) is 0 Å². The van der Waals surface area contributed by atoms with Crippen molar-refractivity contribution in [3.05, 3.63) is 35.5 Å². The van der Waals surface area contributed by atoms with E-state index in [1.807, 2.05) is 45.9 Å². The average Bonchev–Trinajstić information content (AvgIpc) is 3.01. The van der Waals surface area contributed by atoms with E-state index in [9.17, 15) is 4.79 Å². The van der Waals surface area contributed by atoms with E-state index in [4.69, 9.17) is 9.26 Å². The van der Waals surface area contributed by atoms with E-state index in [1.54, 1.807) is 0 Å². The van der Waals surface area contributed by atoms with E-state index in [-0.39, 0.29) is 24.0 Å². The monoisotopic (exact) mass is 330 g/mol. The minimum Gasteiger partial charge on any atom is -0.482 e. The Morgan fingerprint density at radius 1 is 1.38 bits per heavy atom. The van der Waals surface area contributed by atoms with Crippen LogP contribution in [-0.2, 0) is 16.8 Å². The normalized spacial score (nSPS) is 15.4. The summed E-state index contributed by atoms with van der Waals surface area (Å²) in [5.41, 5.74) is 1.58. The van der Waals surface area contributed by atoms with E-state index in [0.29, 0.717) is 29.7 Å². The van der Waals surface area contributed by atoms with Gasteiger partial charge in [0.25, 0.3) is 5.91 Å². The van der Waals surface area contributed by atoms with Crippen molar-refractivity contribution in [1.82, 2.24) is 15.5 Å². The van der Waals surface area contributed by atoms with Crippen molar-refractivity contribution in [3.63, 3.8) is 0 Å². The van der Waals surface area contributed by atoms with Crippen molar-refractivity contribution in [1.29, 1.82) is 0 Å². The van der Waals surface area contributed by atoms with Crippen molar-refractivity contribution >= 4 is 11.6 Å². The highest BCUT2D eigenvalue weighted by atomic mass is 16.5. The Morgan fingerprint density at radius 3 is 2.88 bits per heavy atom. The molecule has 7 heteroatoms. The Kier molecular flexibility index (Phi) is 4.28. The first-order valence-corrected chi connectivity index (χ1v) is 7.96. The summed E-state index contributed by atoms with van der Waals surface area (Å²) in [4.78, 5) is 15.8. The van der Waals surface area contributed by atoms with Crippen LogP contribution in [0.15, 0.2) is 22.7 Å². The van der Waals surface area contributed by atoms with Gasteiger partial charge in [0.2, 0.25) is 5.89 Å². The molecule has 1 aromatic heterocycles. The van der Waals surface area contributed by atoms with Gasteiger partial charge in [-0.25, -0.2) is 0 Å². The molecule has 7 nitrogen and oxygen atoms in total. The first-order chi connectivity index (χ1) is 11.3. The highest BCUT2D eigenvalue weighted by Gasteiger charge is 2.22.